The first-order chi connectivity index (χ1) is 13.0. The largest absolute Gasteiger partial charge is 0.378 e. The Kier molecular flexibility index (Phi) is 6.88. The normalized spacial score (nSPS) is 18.9. The van der Waals surface area contributed by atoms with Crippen LogP contribution in [0, 0.1) is 11.8 Å². The van der Waals surface area contributed by atoms with E-state index in [9.17, 15) is 9.59 Å². The van der Waals surface area contributed by atoms with Crippen molar-refractivity contribution in [1.29, 1.82) is 0 Å². The van der Waals surface area contributed by atoms with Crippen LogP contribution >= 0.6 is 0 Å². The van der Waals surface area contributed by atoms with Gasteiger partial charge in [0, 0.05) is 45.1 Å². The van der Waals surface area contributed by atoms with E-state index in [1.165, 1.54) is 0 Å². The molecule has 2 amide bonds. The van der Waals surface area contributed by atoms with Gasteiger partial charge in [0.1, 0.15) is 5.76 Å². The van der Waals surface area contributed by atoms with Crippen LogP contribution < -0.4 is 0 Å². The van der Waals surface area contributed by atoms with Gasteiger partial charge in [-0.15, -0.1) is 0 Å². The molecule has 3 rings (SSSR count). The standard InChI is InChI=1S/C20H31N3O4/c1-15(2)13-17-14-18(21-27-17)20(25)23-7-5-16(6-8-23)3-4-19(24)22-9-11-26-12-10-22/h14-16H,3-13H2,1-2H3. The minimum Gasteiger partial charge on any atom is -0.378 e. The number of morpholine rings is 1. The maximum Gasteiger partial charge on any atom is 0.276 e. The summed E-state index contributed by atoms with van der Waals surface area (Å²) in [6.07, 6.45) is 4.18. The second-order valence-corrected chi connectivity index (χ2v) is 8.04. The Bertz CT molecular complexity index is 629. The van der Waals surface area contributed by atoms with Crippen molar-refractivity contribution in [2.24, 2.45) is 11.8 Å². The molecular formula is C20H31N3O4. The Balaban J connectivity index is 1.41. The van der Waals surface area contributed by atoms with Crippen LogP contribution in [0.3, 0.4) is 0 Å². The average molecular weight is 377 g/mol. The highest BCUT2D eigenvalue weighted by molar-refractivity contribution is 5.92. The molecule has 1 aromatic rings. The Morgan fingerprint density at radius 1 is 1.15 bits per heavy atom. The SMILES string of the molecule is CC(C)Cc1cc(C(=O)N2CCC(CCC(=O)N3CCOCC3)CC2)no1. The van der Waals surface area contributed by atoms with Crippen molar-refractivity contribution < 1.29 is 18.8 Å². The van der Waals surface area contributed by atoms with E-state index in [4.69, 9.17) is 9.26 Å². The van der Waals surface area contributed by atoms with Gasteiger partial charge in [0.05, 0.1) is 13.2 Å². The predicted octanol–water partition coefficient (Wildman–Crippen LogP) is 2.36. The van der Waals surface area contributed by atoms with Crippen molar-refractivity contribution in [2.45, 2.75) is 46.0 Å². The summed E-state index contributed by atoms with van der Waals surface area (Å²) in [5.41, 5.74) is 0.409. The van der Waals surface area contributed by atoms with Crippen LogP contribution in [0.15, 0.2) is 10.6 Å². The molecule has 0 atom stereocenters. The summed E-state index contributed by atoms with van der Waals surface area (Å²) in [7, 11) is 0. The van der Waals surface area contributed by atoms with Crippen molar-refractivity contribution in [3.05, 3.63) is 17.5 Å². The van der Waals surface area contributed by atoms with E-state index in [1.54, 1.807) is 6.07 Å². The third kappa shape index (κ3) is 5.54. The Labute approximate surface area is 161 Å². The monoisotopic (exact) mass is 377 g/mol. The lowest BCUT2D eigenvalue weighted by molar-refractivity contribution is -0.135. The molecule has 0 unspecified atom stereocenters. The minimum absolute atomic E-state index is 0.0448. The van der Waals surface area contributed by atoms with Crippen LogP contribution in [-0.2, 0) is 16.0 Å². The summed E-state index contributed by atoms with van der Waals surface area (Å²) in [4.78, 5) is 28.6. The van der Waals surface area contributed by atoms with Gasteiger partial charge < -0.3 is 19.1 Å². The van der Waals surface area contributed by atoms with Gasteiger partial charge in [0.15, 0.2) is 5.69 Å². The lowest BCUT2D eigenvalue weighted by atomic mass is 9.91. The van der Waals surface area contributed by atoms with Crippen LogP contribution in [0.5, 0.6) is 0 Å². The number of rotatable bonds is 6. The zero-order chi connectivity index (χ0) is 19.2. The van der Waals surface area contributed by atoms with E-state index in [-0.39, 0.29) is 11.8 Å². The van der Waals surface area contributed by atoms with E-state index in [0.29, 0.717) is 50.3 Å². The topological polar surface area (TPSA) is 75.9 Å². The zero-order valence-electron chi connectivity index (χ0n) is 16.5. The maximum absolute atomic E-state index is 12.6. The van der Waals surface area contributed by atoms with Gasteiger partial charge in [0.25, 0.3) is 5.91 Å². The number of hydrogen-bond acceptors (Lipinski definition) is 5. The lowest BCUT2D eigenvalue weighted by Crippen LogP contribution is -2.41. The van der Waals surface area contributed by atoms with Gasteiger partial charge in [-0.2, -0.15) is 0 Å². The van der Waals surface area contributed by atoms with Crippen molar-refractivity contribution in [3.63, 3.8) is 0 Å². The second kappa shape index (κ2) is 9.35. The Morgan fingerprint density at radius 2 is 1.85 bits per heavy atom. The summed E-state index contributed by atoms with van der Waals surface area (Å²) < 4.78 is 10.6. The highest BCUT2D eigenvalue weighted by atomic mass is 16.5. The molecule has 3 heterocycles. The fourth-order valence-electron chi connectivity index (χ4n) is 3.80. The van der Waals surface area contributed by atoms with Crippen LogP contribution in [0.25, 0.3) is 0 Å². The molecular weight excluding hydrogens is 346 g/mol. The van der Waals surface area contributed by atoms with Crippen LogP contribution in [-0.4, -0.2) is 66.2 Å². The molecule has 2 aliphatic heterocycles. The van der Waals surface area contributed by atoms with Crippen LogP contribution in [0.1, 0.15) is 55.8 Å². The second-order valence-electron chi connectivity index (χ2n) is 8.04. The smallest absolute Gasteiger partial charge is 0.276 e. The predicted molar refractivity (Wildman–Crippen MR) is 100 cm³/mol. The van der Waals surface area contributed by atoms with Crippen molar-refractivity contribution >= 4 is 11.8 Å². The molecule has 150 valence electrons. The summed E-state index contributed by atoms with van der Waals surface area (Å²) in [5.74, 6) is 1.93. The average Bonchev–Trinajstić information content (AvgIpc) is 3.14. The summed E-state index contributed by atoms with van der Waals surface area (Å²) in [6.45, 7) is 8.38. The molecule has 2 aliphatic rings. The van der Waals surface area contributed by atoms with Gasteiger partial charge in [-0.25, -0.2) is 0 Å². The molecule has 0 saturated carbocycles. The number of aromatic nitrogens is 1. The van der Waals surface area contributed by atoms with Gasteiger partial charge >= 0.3 is 0 Å². The van der Waals surface area contributed by atoms with E-state index < -0.39 is 0 Å². The number of carbonyl (C=O) groups is 2. The van der Waals surface area contributed by atoms with Gasteiger partial charge in [-0.05, 0) is 31.1 Å². The summed E-state index contributed by atoms with van der Waals surface area (Å²) in [6, 6.07) is 1.77. The molecule has 1 aromatic heterocycles. The molecule has 0 bridgehead atoms. The molecule has 0 spiro atoms. The van der Waals surface area contributed by atoms with Gasteiger partial charge in [-0.3, -0.25) is 9.59 Å². The highest BCUT2D eigenvalue weighted by Crippen LogP contribution is 2.24. The Hall–Kier alpha value is -1.89. The van der Waals surface area contributed by atoms with Gasteiger partial charge in [0.2, 0.25) is 5.91 Å². The third-order valence-corrected chi connectivity index (χ3v) is 5.42. The first-order valence-electron chi connectivity index (χ1n) is 10.1. The third-order valence-electron chi connectivity index (χ3n) is 5.42. The molecule has 7 heteroatoms. The summed E-state index contributed by atoms with van der Waals surface area (Å²) >= 11 is 0. The lowest BCUT2D eigenvalue weighted by Gasteiger charge is -2.32. The first-order valence-corrected chi connectivity index (χ1v) is 10.1. The zero-order valence-corrected chi connectivity index (χ0v) is 16.5. The quantitative estimate of drug-likeness (QED) is 0.761. The van der Waals surface area contributed by atoms with Crippen LogP contribution in [0.2, 0.25) is 0 Å². The maximum atomic E-state index is 12.6. The highest BCUT2D eigenvalue weighted by Gasteiger charge is 2.26. The van der Waals surface area contributed by atoms with Crippen molar-refractivity contribution in [3.8, 4) is 0 Å². The number of ether oxygens (including phenoxy) is 1. The molecule has 27 heavy (non-hydrogen) atoms. The van der Waals surface area contributed by atoms with Crippen molar-refractivity contribution in [1.82, 2.24) is 15.0 Å². The number of nitrogens with zero attached hydrogens (tertiary/aromatic N) is 3. The van der Waals surface area contributed by atoms with Crippen LogP contribution in [0.4, 0.5) is 0 Å². The molecule has 0 N–H and O–H groups in total. The number of hydrogen-bond donors (Lipinski definition) is 0. The van der Waals surface area contributed by atoms with E-state index in [1.807, 2.05) is 9.80 Å². The molecule has 2 fully saturated rings. The first kappa shape index (κ1) is 19.9. The van der Waals surface area contributed by atoms with Gasteiger partial charge in [-0.1, -0.05) is 19.0 Å². The number of carbonyl (C=O) groups excluding carboxylic acids is 2. The molecule has 0 aliphatic carbocycles. The molecule has 0 aromatic carbocycles. The fraction of sp³-hybridized carbons (Fsp3) is 0.750. The molecule has 7 nitrogen and oxygen atoms in total. The fourth-order valence-corrected chi connectivity index (χ4v) is 3.80. The summed E-state index contributed by atoms with van der Waals surface area (Å²) in [5, 5.41) is 3.95. The number of amides is 2. The molecule has 2 saturated heterocycles. The Morgan fingerprint density at radius 3 is 2.52 bits per heavy atom. The van der Waals surface area contributed by atoms with E-state index in [0.717, 1.165) is 44.5 Å². The van der Waals surface area contributed by atoms with Crippen molar-refractivity contribution in [2.75, 3.05) is 39.4 Å². The molecule has 0 radical (unpaired) electrons. The van der Waals surface area contributed by atoms with E-state index >= 15 is 0 Å². The number of piperidine rings is 1. The van der Waals surface area contributed by atoms with E-state index in [2.05, 4.69) is 19.0 Å². The minimum atomic E-state index is -0.0448. The number of likely N-dealkylation sites (tertiary alicyclic amines) is 1.